The molecular weight excluding hydrogens is 546 g/mol. The summed E-state index contributed by atoms with van der Waals surface area (Å²) in [6.07, 6.45) is 2.27. The summed E-state index contributed by atoms with van der Waals surface area (Å²) < 4.78 is 5.24. The summed E-state index contributed by atoms with van der Waals surface area (Å²) in [5.74, 6) is -0.319. The zero-order valence-electron chi connectivity index (χ0n) is 23.7. The van der Waals surface area contributed by atoms with Gasteiger partial charge in [-0.3, -0.25) is 14.4 Å². The maximum absolute atomic E-state index is 13.5. The van der Waals surface area contributed by atoms with Crippen molar-refractivity contribution < 1.29 is 19.1 Å². The number of rotatable bonds is 11. The Kier molecular flexibility index (Phi) is 10.6. The van der Waals surface area contributed by atoms with Crippen LogP contribution in [0.3, 0.4) is 0 Å². The van der Waals surface area contributed by atoms with Crippen LogP contribution in [0.4, 0.5) is 11.4 Å². The van der Waals surface area contributed by atoms with Crippen LogP contribution >= 0.6 is 11.8 Å². The van der Waals surface area contributed by atoms with Crippen molar-refractivity contribution in [1.29, 1.82) is 0 Å². The molecule has 3 N–H and O–H groups in total. The van der Waals surface area contributed by atoms with E-state index in [0.29, 0.717) is 29.1 Å². The Labute approximate surface area is 250 Å². The van der Waals surface area contributed by atoms with Crippen LogP contribution < -0.4 is 20.7 Å². The number of aryl methyl sites for hydroxylation is 1. The second kappa shape index (κ2) is 14.7. The van der Waals surface area contributed by atoms with Gasteiger partial charge >= 0.3 is 0 Å². The molecule has 1 atom stereocenters. The Morgan fingerprint density at radius 3 is 2.24 bits per heavy atom. The van der Waals surface area contributed by atoms with Crippen LogP contribution in [0.15, 0.2) is 114 Å². The average Bonchev–Trinajstić information content (AvgIpc) is 3.01. The molecule has 4 aromatic rings. The minimum atomic E-state index is -0.465. The number of amides is 3. The van der Waals surface area contributed by atoms with Gasteiger partial charge in [-0.25, -0.2) is 0 Å². The average molecular weight is 580 g/mol. The van der Waals surface area contributed by atoms with Gasteiger partial charge in [-0.05, 0) is 73.0 Å². The van der Waals surface area contributed by atoms with Gasteiger partial charge in [-0.15, -0.1) is 11.8 Å². The molecule has 0 aliphatic heterocycles. The van der Waals surface area contributed by atoms with E-state index in [1.807, 2.05) is 80.6 Å². The molecule has 0 saturated heterocycles. The van der Waals surface area contributed by atoms with Crippen LogP contribution in [0.2, 0.25) is 0 Å². The van der Waals surface area contributed by atoms with Crippen LogP contribution in [-0.2, 0) is 9.59 Å². The second-order valence-electron chi connectivity index (χ2n) is 9.45. The van der Waals surface area contributed by atoms with Gasteiger partial charge in [0.2, 0.25) is 5.91 Å². The Morgan fingerprint density at radius 1 is 0.833 bits per heavy atom. The van der Waals surface area contributed by atoms with E-state index >= 15 is 0 Å². The van der Waals surface area contributed by atoms with E-state index in [4.69, 9.17) is 4.74 Å². The number of carbonyl (C=O) groups excluding carboxylic acids is 3. The van der Waals surface area contributed by atoms with Gasteiger partial charge in [0.15, 0.2) is 0 Å². The highest BCUT2D eigenvalue weighted by Crippen LogP contribution is 2.29. The Hall–Kier alpha value is -4.82. The van der Waals surface area contributed by atoms with Crippen LogP contribution in [0.1, 0.15) is 34.8 Å². The number of carbonyl (C=O) groups is 3. The zero-order chi connectivity index (χ0) is 29.9. The van der Waals surface area contributed by atoms with E-state index in [0.717, 1.165) is 16.0 Å². The zero-order valence-corrected chi connectivity index (χ0v) is 24.5. The fourth-order valence-corrected chi connectivity index (χ4v) is 5.12. The highest BCUT2D eigenvalue weighted by molar-refractivity contribution is 8.00. The number of hydrogen-bond donors (Lipinski definition) is 3. The van der Waals surface area contributed by atoms with Crippen molar-refractivity contribution in [2.24, 2.45) is 0 Å². The quantitative estimate of drug-likeness (QED) is 0.132. The first-order valence-corrected chi connectivity index (χ1v) is 14.4. The number of nitrogens with one attached hydrogen (secondary N) is 3. The van der Waals surface area contributed by atoms with E-state index in [2.05, 4.69) is 16.0 Å². The highest BCUT2D eigenvalue weighted by atomic mass is 32.2. The number of benzene rings is 4. The molecular formula is C34H33N3O4S. The summed E-state index contributed by atoms with van der Waals surface area (Å²) in [7, 11) is 1.58. The molecule has 0 aliphatic rings. The molecule has 214 valence electrons. The standard InChI is InChI=1S/C34H33N3O4S/c1-4-31(34(40)36-26-16-10-18-28(21-26)41-3)42-29-19-11-17-27(22-29)35-33(39)30(20-25-15-9-8-12-23(25)2)37-32(38)24-13-6-5-7-14-24/h5-22,31H,4H2,1-3H3,(H,35,39)(H,36,40)(H,37,38)/b30-20-. The molecule has 4 rings (SSSR count). The molecule has 8 heteroatoms. The lowest BCUT2D eigenvalue weighted by molar-refractivity contribution is -0.116. The van der Waals surface area contributed by atoms with E-state index in [1.54, 1.807) is 49.6 Å². The van der Waals surface area contributed by atoms with E-state index in [1.165, 1.54) is 11.8 Å². The van der Waals surface area contributed by atoms with Gasteiger partial charge in [0.1, 0.15) is 11.4 Å². The summed E-state index contributed by atoms with van der Waals surface area (Å²) in [5.41, 5.74) is 3.53. The van der Waals surface area contributed by atoms with Crippen LogP contribution in [0.5, 0.6) is 5.75 Å². The minimum Gasteiger partial charge on any atom is -0.497 e. The molecule has 0 fully saturated rings. The SMILES string of the molecule is CCC(Sc1cccc(NC(=O)/C(=C/c2ccccc2C)NC(=O)c2ccccc2)c1)C(=O)Nc1cccc(OC)c1. The van der Waals surface area contributed by atoms with Crippen molar-refractivity contribution in [3.8, 4) is 5.75 Å². The molecule has 0 radical (unpaired) electrons. The molecule has 0 aromatic heterocycles. The first kappa shape index (κ1) is 30.1. The van der Waals surface area contributed by atoms with Crippen molar-refractivity contribution in [3.63, 3.8) is 0 Å². The van der Waals surface area contributed by atoms with Crippen LogP contribution in [0.25, 0.3) is 6.08 Å². The number of anilines is 2. The molecule has 0 spiro atoms. The van der Waals surface area contributed by atoms with Crippen molar-refractivity contribution in [2.75, 3.05) is 17.7 Å². The summed E-state index contributed by atoms with van der Waals surface area (Å²) in [6.45, 7) is 3.89. The van der Waals surface area contributed by atoms with E-state index in [9.17, 15) is 14.4 Å². The number of thioether (sulfide) groups is 1. The van der Waals surface area contributed by atoms with Gasteiger partial charge in [0.05, 0.1) is 12.4 Å². The molecule has 7 nitrogen and oxygen atoms in total. The van der Waals surface area contributed by atoms with Crippen molar-refractivity contribution >= 4 is 46.9 Å². The first-order chi connectivity index (χ1) is 20.4. The fourth-order valence-electron chi connectivity index (χ4n) is 4.10. The molecule has 42 heavy (non-hydrogen) atoms. The highest BCUT2D eigenvalue weighted by Gasteiger charge is 2.20. The topological polar surface area (TPSA) is 96.5 Å². The Bertz CT molecular complexity index is 1590. The van der Waals surface area contributed by atoms with Gasteiger partial charge in [-0.1, -0.05) is 61.5 Å². The molecule has 0 aliphatic carbocycles. The van der Waals surface area contributed by atoms with Gasteiger partial charge < -0.3 is 20.7 Å². The number of ether oxygens (including phenoxy) is 1. The van der Waals surface area contributed by atoms with Crippen molar-refractivity contribution in [2.45, 2.75) is 30.4 Å². The summed E-state index contributed by atoms with van der Waals surface area (Å²) >= 11 is 1.41. The molecule has 3 amide bonds. The predicted molar refractivity (Wildman–Crippen MR) is 170 cm³/mol. The summed E-state index contributed by atoms with van der Waals surface area (Å²) in [6, 6.07) is 30.9. The normalized spacial score (nSPS) is 11.7. The third kappa shape index (κ3) is 8.34. The largest absolute Gasteiger partial charge is 0.497 e. The van der Waals surface area contributed by atoms with Crippen LogP contribution in [0, 0.1) is 6.92 Å². The van der Waals surface area contributed by atoms with Gasteiger partial charge in [-0.2, -0.15) is 0 Å². The lowest BCUT2D eigenvalue weighted by atomic mass is 10.1. The maximum atomic E-state index is 13.5. The molecule has 0 bridgehead atoms. The molecule has 0 saturated carbocycles. The summed E-state index contributed by atoms with van der Waals surface area (Å²) in [4.78, 5) is 40.3. The Morgan fingerprint density at radius 2 is 1.52 bits per heavy atom. The fraction of sp³-hybridized carbons (Fsp3) is 0.147. The predicted octanol–water partition coefficient (Wildman–Crippen LogP) is 6.92. The third-order valence-corrected chi connectivity index (χ3v) is 7.75. The summed E-state index contributed by atoms with van der Waals surface area (Å²) in [5, 5.41) is 8.27. The molecule has 0 heterocycles. The van der Waals surface area contributed by atoms with Crippen molar-refractivity contribution in [3.05, 3.63) is 126 Å². The van der Waals surface area contributed by atoms with Gasteiger partial charge in [0.25, 0.3) is 11.8 Å². The van der Waals surface area contributed by atoms with Crippen molar-refractivity contribution in [1.82, 2.24) is 5.32 Å². The first-order valence-electron chi connectivity index (χ1n) is 13.5. The molecule has 4 aromatic carbocycles. The monoisotopic (exact) mass is 579 g/mol. The number of methoxy groups -OCH3 is 1. The second-order valence-corrected chi connectivity index (χ2v) is 10.7. The van der Waals surface area contributed by atoms with Crippen LogP contribution in [-0.4, -0.2) is 30.1 Å². The number of hydrogen-bond acceptors (Lipinski definition) is 5. The Balaban J connectivity index is 1.50. The van der Waals surface area contributed by atoms with E-state index in [-0.39, 0.29) is 22.8 Å². The minimum absolute atomic E-state index is 0.111. The lowest BCUT2D eigenvalue weighted by Crippen LogP contribution is -2.30. The van der Waals surface area contributed by atoms with E-state index < -0.39 is 5.91 Å². The molecule has 1 unspecified atom stereocenters. The maximum Gasteiger partial charge on any atom is 0.272 e. The lowest BCUT2D eigenvalue weighted by Gasteiger charge is -2.16. The smallest absolute Gasteiger partial charge is 0.272 e. The van der Waals surface area contributed by atoms with Gasteiger partial charge in [0, 0.05) is 27.9 Å². The third-order valence-electron chi connectivity index (χ3n) is 6.39.